The number of nitrogens with two attached hydrogens (primary N) is 4. The Hall–Kier alpha value is -4.90. The van der Waals surface area contributed by atoms with E-state index >= 15 is 0 Å². The van der Waals surface area contributed by atoms with Crippen molar-refractivity contribution in [1.82, 2.24) is 29.5 Å². The zero-order valence-electron chi connectivity index (χ0n) is 24.3. The van der Waals surface area contributed by atoms with E-state index < -0.39 is 0 Å². The standard InChI is InChI=1S/2C13H18N6O2/c1-7-10(4-9(14)5-16-7)13(20)17-12-8(2)19(3)18-11(12)6-21-15;1-7-10(4-9(14)5-16-7)13(20)17-12-8(2)18-19(3)11(12)6-21-15/h2*4-5H,6,14-15H2,1-3H3,(H,17,20). The van der Waals surface area contributed by atoms with Crippen LogP contribution in [0.4, 0.5) is 22.7 Å². The van der Waals surface area contributed by atoms with Crippen molar-refractivity contribution in [1.29, 1.82) is 0 Å². The van der Waals surface area contributed by atoms with E-state index in [0.29, 0.717) is 62.3 Å². The molecule has 224 valence electrons. The molecular formula is C26H36N12O4. The van der Waals surface area contributed by atoms with Gasteiger partial charge in [-0.1, -0.05) is 0 Å². The summed E-state index contributed by atoms with van der Waals surface area (Å²) in [5.74, 6) is 9.59. The molecule has 10 N–H and O–H groups in total. The molecule has 0 saturated carbocycles. The van der Waals surface area contributed by atoms with Crippen molar-refractivity contribution >= 4 is 34.6 Å². The summed E-state index contributed by atoms with van der Waals surface area (Å²) in [6.07, 6.45) is 3.02. The van der Waals surface area contributed by atoms with Gasteiger partial charge in [0.05, 0.1) is 74.7 Å². The van der Waals surface area contributed by atoms with E-state index in [2.05, 4.69) is 40.5 Å². The molecule has 0 radical (unpaired) electrons. The third-order valence-corrected chi connectivity index (χ3v) is 6.37. The molecule has 0 aliphatic heterocycles. The van der Waals surface area contributed by atoms with E-state index in [1.165, 1.54) is 12.4 Å². The van der Waals surface area contributed by atoms with Crippen molar-refractivity contribution in [3.8, 4) is 0 Å². The summed E-state index contributed by atoms with van der Waals surface area (Å²) in [4.78, 5) is 42.2. The first-order valence-corrected chi connectivity index (χ1v) is 12.6. The predicted molar refractivity (Wildman–Crippen MR) is 157 cm³/mol. The maximum Gasteiger partial charge on any atom is 0.257 e. The van der Waals surface area contributed by atoms with E-state index in [0.717, 1.165) is 5.69 Å². The highest BCUT2D eigenvalue weighted by Gasteiger charge is 2.19. The van der Waals surface area contributed by atoms with Crippen molar-refractivity contribution in [2.75, 3.05) is 22.1 Å². The smallest absolute Gasteiger partial charge is 0.257 e. The molecule has 2 amide bonds. The number of hydrogen-bond donors (Lipinski definition) is 6. The van der Waals surface area contributed by atoms with Gasteiger partial charge in [0.2, 0.25) is 0 Å². The highest BCUT2D eigenvalue weighted by molar-refractivity contribution is 6.06. The molecular weight excluding hydrogens is 544 g/mol. The van der Waals surface area contributed by atoms with Gasteiger partial charge < -0.3 is 22.1 Å². The second-order valence-corrected chi connectivity index (χ2v) is 9.39. The summed E-state index contributed by atoms with van der Waals surface area (Å²) in [5.41, 5.74) is 18.1. The summed E-state index contributed by atoms with van der Waals surface area (Å²) in [5, 5.41) is 14.1. The van der Waals surface area contributed by atoms with Gasteiger partial charge in [-0.3, -0.25) is 38.6 Å². The van der Waals surface area contributed by atoms with E-state index in [4.69, 9.17) is 23.3 Å². The van der Waals surface area contributed by atoms with Crippen LogP contribution in [-0.4, -0.2) is 41.3 Å². The quantitative estimate of drug-likeness (QED) is 0.162. The number of nitrogen functional groups attached to an aromatic ring is 2. The van der Waals surface area contributed by atoms with Gasteiger partial charge in [0.15, 0.2) is 0 Å². The van der Waals surface area contributed by atoms with Gasteiger partial charge in [-0.05, 0) is 39.8 Å². The van der Waals surface area contributed by atoms with E-state index in [-0.39, 0.29) is 25.0 Å². The number of aromatic nitrogens is 6. The highest BCUT2D eigenvalue weighted by atomic mass is 16.6. The number of amides is 2. The molecule has 0 fully saturated rings. The van der Waals surface area contributed by atoms with Crippen molar-refractivity contribution in [3.63, 3.8) is 0 Å². The largest absolute Gasteiger partial charge is 0.397 e. The average Bonchev–Trinajstić information content (AvgIpc) is 3.35. The first-order valence-electron chi connectivity index (χ1n) is 12.6. The Morgan fingerprint density at radius 2 is 1.26 bits per heavy atom. The molecule has 42 heavy (non-hydrogen) atoms. The van der Waals surface area contributed by atoms with Crippen molar-refractivity contribution < 1.29 is 19.3 Å². The number of pyridine rings is 2. The average molecular weight is 581 g/mol. The molecule has 4 heterocycles. The van der Waals surface area contributed by atoms with E-state index in [1.807, 2.05) is 6.92 Å². The first-order chi connectivity index (χ1) is 19.9. The summed E-state index contributed by atoms with van der Waals surface area (Å²) in [6, 6.07) is 3.17. The van der Waals surface area contributed by atoms with Crippen molar-refractivity contribution in [2.24, 2.45) is 25.9 Å². The van der Waals surface area contributed by atoms with Gasteiger partial charge in [-0.25, -0.2) is 11.8 Å². The van der Waals surface area contributed by atoms with Crippen LogP contribution < -0.4 is 33.9 Å². The van der Waals surface area contributed by atoms with Gasteiger partial charge >= 0.3 is 0 Å². The lowest BCUT2D eigenvalue weighted by Crippen LogP contribution is -2.17. The Bertz CT molecular complexity index is 1530. The molecule has 16 nitrogen and oxygen atoms in total. The lowest BCUT2D eigenvalue weighted by Gasteiger charge is -2.09. The maximum atomic E-state index is 12.4. The number of aryl methyl sites for hydroxylation is 5. The molecule has 0 unspecified atom stereocenters. The molecule has 0 atom stereocenters. The van der Waals surface area contributed by atoms with Crippen LogP contribution in [0.3, 0.4) is 0 Å². The molecule has 16 heteroatoms. The Kier molecular flexibility index (Phi) is 10.3. The van der Waals surface area contributed by atoms with Crippen LogP contribution >= 0.6 is 0 Å². The van der Waals surface area contributed by atoms with E-state index in [9.17, 15) is 9.59 Å². The van der Waals surface area contributed by atoms with Gasteiger partial charge in [-0.2, -0.15) is 10.2 Å². The number of anilines is 4. The van der Waals surface area contributed by atoms with Crippen LogP contribution in [0, 0.1) is 27.7 Å². The SMILES string of the molecule is Cc1ncc(N)cc1C(=O)Nc1c(C)nn(C)c1CON.Cc1ncc(N)cc1C(=O)Nc1c(CON)nn(C)c1C. The number of nitrogens with zero attached hydrogens (tertiary/aromatic N) is 6. The monoisotopic (exact) mass is 580 g/mol. The highest BCUT2D eigenvalue weighted by Crippen LogP contribution is 2.23. The normalized spacial score (nSPS) is 10.7. The third kappa shape index (κ3) is 7.24. The van der Waals surface area contributed by atoms with Gasteiger partial charge in [0.1, 0.15) is 18.9 Å². The molecule has 0 aliphatic rings. The molecule has 4 aromatic heterocycles. The summed E-state index contributed by atoms with van der Waals surface area (Å²) < 4.78 is 3.26. The molecule has 0 aromatic carbocycles. The Morgan fingerprint density at radius 1 is 0.762 bits per heavy atom. The van der Waals surface area contributed by atoms with Crippen LogP contribution in [-0.2, 0) is 37.0 Å². The van der Waals surface area contributed by atoms with Crippen LogP contribution in [0.2, 0.25) is 0 Å². The molecule has 4 aromatic rings. The van der Waals surface area contributed by atoms with Crippen LogP contribution in [0.15, 0.2) is 24.5 Å². The summed E-state index contributed by atoms with van der Waals surface area (Å²) >= 11 is 0. The summed E-state index contributed by atoms with van der Waals surface area (Å²) in [7, 11) is 3.53. The minimum Gasteiger partial charge on any atom is -0.397 e. The minimum absolute atomic E-state index is 0.103. The second kappa shape index (κ2) is 13.6. The lowest BCUT2D eigenvalue weighted by molar-refractivity contribution is 0.101. The zero-order valence-corrected chi connectivity index (χ0v) is 24.3. The fourth-order valence-electron chi connectivity index (χ4n) is 4.05. The number of hydrogen-bond acceptors (Lipinski definition) is 12. The molecule has 0 spiro atoms. The van der Waals surface area contributed by atoms with Crippen LogP contribution in [0.5, 0.6) is 0 Å². The maximum absolute atomic E-state index is 12.4. The van der Waals surface area contributed by atoms with Crippen molar-refractivity contribution in [3.05, 3.63) is 69.8 Å². The summed E-state index contributed by atoms with van der Waals surface area (Å²) in [6.45, 7) is 7.36. The Morgan fingerprint density at radius 3 is 1.76 bits per heavy atom. The van der Waals surface area contributed by atoms with E-state index in [1.54, 1.807) is 56.4 Å². The third-order valence-electron chi connectivity index (χ3n) is 6.37. The predicted octanol–water partition coefficient (Wildman–Crippen LogP) is 1.31. The zero-order chi connectivity index (χ0) is 31.1. The van der Waals surface area contributed by atoms with Gasteiger partial charge in [-0.15, -0.1) is 0 Å². The second-order valence-electron chi connectivity index (χ2n) is 9.39. The lowest BCUT2D eigenvalue weighted by atomic mass is 10.1. The molecule has 0 aliphatic carbocycles. The van der Waals surface area contributed by atoms with Crippen LogP contribution in [0.1, 0.15) is 54.9 Å². The Balaban J connectivity index is 0.000000230. The molecule has 0 bridgehead atoms. The van der Waals surface area contributed by atoms with Crippen molar-refractivity contribution in [2.45, 2.75) is 40.9 Å². The fourth-order valence-corrected chi connectivity index (χ4v) is 4.05. The Labute approximate surface area is 242 Å². The number of carbonyl (C=O) groups excluding carboxylic acids is 2. The molecule has 4 rings (SSSR count). The first kappa shape index (κ1) is 31.6. The van der Waals surface area contributed by atoms with Crippen LogP contribution in [0.25, 0.3) is 0 Å². The number of rotatable bonds is 8. The minimum atomic E-state index is -0.304. The van der Waals surface area contributed by atoms with Gasteiger partial charge in [0.25, 0.3) is 11.8 Å². The number of carbonyl (C=O) groups is 2. The van der Waals surface area contributed by atoms with Gasteiger partial charge in [0, 0.05) is 14.1 Å². The fraction of sp³-hybridized carbons (Fsp3) is 0.308. The number of nitrogens with one attached hydrogen (secondary N) is 2. The topological polar surface area (TPSA) is 242 Å². The molecule has 0 saturated heterocycles.